The maximum absolute atomic E-state index is 13.3. The van der Waals surface area contributed by atoms with Crippen molar-refractivity contribution in [2.45, 2.75) is 6.92 Å². The Kier molecular flexibility index (Phi) is 2.93. The van der Waals surface area contributed by atoms with Crippen molar-refractivity contribution >= 4 is 12.3 Å². The predicted octanol–water partition coefficient (Wildman–Crippen LogP) is 2.03. The predicted molar refractivity (Wildman–Crippen MR) is 61.1 cm³/mol. The molecule has 0 radical (unpaired) electrons. The number of rotatable bonds is 3. The summed E-state index contributed by atoms with van der Waals surface area (Å²) in [5.74, 6) is -1.64. The lowest BCUT2D eigenvalue weighted by Crippen LogP contribution is -1.95. The number of halogens is 1. The molecule has 0 atom stereocenters. The number of hydrogen-bond donors (Lipinski definition) is 2. The third-order valence-corrected chi connectivity index (χ3v) is 2.54. The fourth-order valence-corrected chi connectivity index (χ4v) is 1.59. The van der Waals surface area contributed by atoms with Gasteiger partial charge in [-0.3, -0.25) is 9.89 Å². The molecule has 0 bridgehead atoms. The molecule has 5 nitrogen and oxygen atoms in total. The number of benzene rings is 1. The average Bonchev–Trinajstić information content (AvgIpc) is 2.81. The van der Waals surface area contributed by atoms with Crippen LogP contribution in [0.2, 0.25) is 0 Å². The van der Waals surface area contributed by atoms with Crippen molar-refractivity contribution in [3.63, 3.8) is 0 Å². The fourth-order valence-electron chi connectivity index (χ4n) is 1.59. The van der Waals surface area contributed by atoms with Crippen LogP contribution in [0.4, 0.5) is 4.39 Å². The minimum absolute atomic E-state index is 0.0937. The molecule has 6 heteroatoms. The summed E-state index contributed by atoms with van der Waals surface area (Å²) in [6.45, 7) is 1.55. The van der Waals surface area contributed by atoms with Crippen LogP contribution in [0.5, 0.6) is 0 Å². The van der Waals surface area contributed by atoms with Gasteiger partial charge in [-0.15, -0.1) is 0 Å². The Labute approximate surface area is 101 Å². The molecule has 2 aromatic rings. The molecular weight excluding hydrogens is 239 g/mol. The van der Waals surface area contributed by atoms with Crippen LogP contribution in [-0.4, -0.2) is 27.6 Å². The second-order valence-corrected chi connectivity index (χ2v) is 3.78. The smallest absolute Gasteiger partial charge is 0.353 e. The molecule has 0 aliphatic carbocycles. The zero-order valence-electron chi connectivity index (χ0n) is 9.40. The Balaban J connectivity index is 2.58. The minimum Gasteiger partial charge on any atom is -0.477 e. The maximum Gasteiger partial charge on any atom is 0.353 e. The monoisotopic (exact) mass is 248 g/mol. The number of carboxylic acid groups (broad SMARTS) is 1. The van der Waals surface area contributed by atoms with Gasteiger partial charge >= 0.3 is 5.97 Å². The van der Waals surface area contributed by atoms with Crippen molar-refractivity contribution in [3.8, 4) is 11.3 Å². The first-order valence-electron chi connectivity index (χ1n) is 5.07. The summed E-state index contributed by atoms with van der Waals surface area (Å²) in [5, 5.41) is 14.9. The van der Waals surface area contributed by atoms with E-state index in [1.807, 2.05) is 0 Å². The number of aromatic nitrogens is 2. The lowest BCUT2D eigenvalue weighted by molar-refractivity contribution is 0.0690. The lowest BCUT2D eigenvalue weighted by Gasteiger charge is -2.04. The Hall–Kier alpha value is -2.50. The van der Waals surface area contributed by atoms with Crippen molar-refractivity contribution in [3.05, 3.63) is 40.8 Å². The summed E-state index contributed by atoms with van der Waals surface area (Å²) >= 11 is 0. The van der Waals surface area contributed by atoms with Gasteiger partial charge < -0.3 is 5.11 Å². The number of carbonyl (C=O) groups is 2. The van der Waals surface area contributed by atoms with E-state index in [-0.39, 0.29) is 17.0 Å². The highest BCUT2D eigenvalue weighted by molar-refractivity contribution is 5.90. The van der Waals surface area contributed by atoms with E-state index in [1.54, 1.807) is 6.92 Å². The standard InChI is InChI=1S/C12H9FN2O3/c1-6-2-8(7(5-16)3-9(6)13)10-4-11(12(17)18)15-14-10/h2-5H,1H3,(H,14,15)(H,17,18). The first kappa shape index (κ1) is 12.0. The second kappa shape index (κ2) is 4.40. The van der Waals surface area contributed by atoms with Crippen LogP contribution >= 0.6 is 0 Å². The maximum atomic E-state index is 13.3. The van der Waals surface area contributed by atoms with Crippen molar-refractivity contribution in [1.29, 1.82) is 0 Å². The minimum atomic E-state index is -1.15. The molecule has 92 valence electrons. The van der Waals surface area contributed by atoms with E-state index < -0.39 is 11.8 Å². The van der Waals surface area contributed by atoms with Crippen LogP contribution in [0.25, 0.3) is 11.3 Å². The molecule has 0 spiro atoms. The number of H-pyrrole nitrogens is 1. The van der Waals surface area contributed by atoms with Gasteiger partial charge in [0.1, 0.15) is 11.5 Å². The largest absolute Gasteiger partial charge is 0.477 e. The van der Waals surface area contributed by atoms with Crippen LogP contribution in [0, 0.1) is 12.7 Å². The first-order chi connectivity index (χ1) is 8.52. The van der Waals surface area contributed by atoms with Crippen LogP contribution < -0.4 is 0 Å². The van der Waals surface area contributed by atoms with Crippen molar-refractivity contribution in [2.24, 2.45) is 0 Å². The van der Waals surface area contributed by atoms with Gasteiger partial charge in [-0.2, -0.15) is 5.10 Å². The molecule has 1 aromatic carbocycles. The SMILES string of the molecule is Cc1cc(-c2cc(C(=O)O)[nH]n2)c(C=O)cc1F. The van der Waals surface area contributed by atoms with Gasteiger partial charge in [-0.25, -0.2) is 9.18 Å². The summed E-state index contributed by atoms with van der Waals surface area (Å²) in [7, 11) is 0. The van der Waals surface area contributed by atoms with E-state index in [9.17, 15) is 14.0 Å². The summed E-state index contributed by atoms with van der Waals surface area (Å²) in [4.78, 5) is 21.6. The molecular formula is C12H9FN2O3. The number of aromatic amines is 1. The van der Waals surface area contributed by atoms with E-state index >= 15 is 0 Å². The Morgan fingerprint density at radius 1 is 1.44 bits per heavy atom. The zero-order chi connectivity index (χ0) is 13.3. The van der Waals surface area contributed by atoms with Gasteiger partial charge in [-0.05, 0) is 30.7 Å². The molecule has 2 rings (SSSR count). The second-order valence-electron chi connectivity index (χ2n) is 3.78. The van der Waals surface area contributed by atoms with Gasteiger partial charge in [0.2, 0.25) is 0 Å². The Morgan fingerprint density at radius 2 is 2.17 bits per heavy atom. The Morgan fingerprint density at radius 3 is 2.72 bits per heavy atom. The number of carbonyl (C=O) groups excluding carboxylic acids is 1. The van der Waals surface area contributed by atoms with Crippen molar-refractivity contribution < 1.29 is 19.1 Å². The number of aryl methyl sites for hydroxylation is 1. The van der Waals surface area contributed by atoms with Gasteiger partial charge in [-0.1, -0.05) is 0 Å². The zero-order valence-corrected chi connectivity index (χ0v) is 9.40. The molecule has 18 heavy (non-hydrogen) atoms. The molecule has 2 N–H and O–H groups in total. The van der Waals surface area contributed by atoms with Crippen molar-refractivity contribution in [2.75, 3.05) is 0 Å². The quantitative estimate of drug-likeness (QED) is 0.814. The van der Waals surface area contributed by atoms with Gasteiger partial charge in [0.15, 0.2) is 6.29 Å². The van der Waals surface area contributed by atoms with E-state index in [0.717, 1.165) is 6.07 Å². The van der Waals surface area contributed by atoms with Crippen LogP contribution in [0.1, 0.15) is 26.4 Å². The van der Waals surface area contributed by atoms with Gasteiger partial charge in [0.05, 0.1) is 5.69 Å². The third kappa shape index (κ3) is 2.00. The highest BCUT2D eigenvalue weighted by atomic mass is 19.1. The van der Waals surface area contributed by atoms with Crippen molar-refractivity contribution in [1.82, 2.24) is 10.2 Å². The van der Waals surface area contributed by atoms with Crippen LogP contribution in [0.3, 0.4) is 0 Å². The molecule has 1 heterocycles. The summed E-state index contributed by atoms with van der Waals surface area (Å²) in [6, 6.07) is 3.86. The van der Waals surface area contributed by atoms with Crippen LogP contribution in [0.15, 0.2) is 18.2 Å². The topological polar surface area (TPSA) is 83.0 Å². The van der Waals surface area contributed by atoms with Gasteiger partial charge in [0, 0.05) is 11.1 Å². The van der Waals surface area contributed by atoms with E-state index in [1.165, 1.54) is 12.1 Å². The normalized spacial score (nSPS) is 10.3. The number of nitrogens with zero attached hydrogens (tertiary/aromatic N) is 1. The number of nitrogens with one attached hydrogen (secondary N) is 1. The summed E-state index contributed by atoms with van der Waals surface area (Å²) < 4.78 is 13.3. The molecule has 0 amide bonds. The van der Waals surface area contributed by atoms with Crippen LogP contribution in [-0.2, 0) is 0 Å². The highest BCUT2D eigenvalue weighted by Gasteiger charge is 2.14. The first-order valence-corrected chi connectivity index (χ1v) is 5.07. The molecule has 1 aromatic heterocycles. The fraction of sp³-hybridized carbons (Fsp3) is 0.0833. The highest BCUT2D eigenvalue weighted by Crippen LogP contribution is 2.24. The summed E-state index contributed by atoms with van der Waals surface area (Å²) in [5.41, 5.74) is 1.08. The molecule has 0 aliphatic heterocycles. The number of carboxylic acids is 1. The number of aromatic carboxylic acids is 1. The van der Waals surface area contributed by atoms with E-state index in [0.29, 0.717) is 17.4 Å². The lowest BCUT2D eigenvalue weighted by atomic mass is 10.0. The number of hydrogen-bond acceptors (Lipinski definition) is 3. The molecule has 0 saturated heterocycles. The average molecular weight is 248 g/mol. The number of aldehydes is 1. The third-order valence-electron chi connectivity index (χ3n) is 2.54. The van der Waals surface area contributed by atoms with E-state index in [2.05, 4.69) is 10.2 Å². The Bertz CT molecular complexity index is 634. The molecule has 0 aliphatic rings. The molecule has 0 fully saturated rings. The van der Waals surface area contributed by atoms with E-state index in [4.69, 9.17) is 5.11 Å². The molecule has 0 unspecified atom stereocenters. The van der Waals surface area contributed by atoms with Gasteiger partial charge in [0.25, 0.3) is 0 Å². The summed E-state index contributed by atoms with van der Waals surface area (Å²) in [6.07, 6.45) is 0.507. The molecule has 0 saturated carbocycles.